The Morgan fingerprint density at radius 2 is 2.31 bits per heavy atom. The molecule has 2 heterocycles. The first-order valence-corrected chi connectivity index (χ1v) is 6.20. The normalized spacial score (nSPS) is 29.4. The van der Waals surface area contributed by atoms with E-state index in [1.165, 1.54) is 0 Å². The summed E-state index contributed by atoms with van der Waals surface area (Å²) >= 11 is 3.37. The van der Waals surface area contributed by atoms with E-state index >= 15 is 0 Å². The Kier molecular flexibility index (Phi) is 3.17. The summed E-state index contributed by atoms with van der Waals surface area (Å²) in [6, 6.07) is 1.89. The summed E-state index contributed by atoms with van der Waals surface area (Å²) in [5.41, 5.74) is -0.0414. The van der Waals surface area contributed by atoms with Crippen LogP contribution in [-0.2, 0) is 4.74 Å². The number of hydrogen-bond acceptors (Lipinski definition) is 4. The molecule has 1 aliphatic rings. The van der Waals surface area contributed by atoms with Gasteiger partial charge in [-0.25, -0.2) is 9.97 Å². The van der Waals surface area contributed by atoms with Crippen LogP contribution in [0.3, 0.4) is 0 Å². The van der Waals surface area contributed by atoms with Crippen molar-refractivity contribution >= 4 is 21.7 Å². The molecule has 1 aromatic rings. The molecule has 0 aromatic carbocycles. The Morgan fingerprint density at radius 1 is 1.56 bits per heavy atom. The Hall–Kier alpha value is -0.680. The van der Waals surface area contributed by atoms with Crippen LogP contribution >= 0.6 is 15.9 Å². The third-order valence-corrected chi connectivity index (χ3v) is 3.51. The fourth-order valence-electron chi connectivity index (χ4n) is 1.89. The number of nitrogens with one attached hydrogen (secondary N) is 1. The van der Waals surface area contributed by atoms with Crippen molar-refractivity contribution < 1.29 is 4.74 Å². The SMILES string of the molecule is Cc1nc(Br)cc(NC2(C)CCOC2C)n1. The van der Waals surface area contributed by atoms with Gasteiger partial charge in [0.15, 0.2) is 0 Å². The predicted molar refractivity (Wildman–Crippen MR) is 66.5 cm³/mol. The fraction of sp³-hybridized carbons (Fsp3) is 0.636. The van der Waals surface area contributed by atoms with Crippen LogP contribution in [0, 0.1) is 6.92 Å². The van der Waals surface area contributed by atoms with Gasteiger partial charge in [-0.05, 0) is 43.1 Å². The van der Waals surface area contributed by atoms with Crippen LogP contribution in [0.2, 0.25) is 0 Å². The third-order valence-electron chi connectivity index (χ3n) is 3.11. The third kappa shape index (κ3) is 2.35. The second-order valence-corrected chi connectivity index (χ2v) is 5.24. The van der Waals surface area contributed by atoms with E-state index < -0.39 is 0 Å². The van der Waals surface area contributed by atoms with Crippen LogP contribution in [0.5, 0.6) is 0 Å². The topological polar surface area (TPSA) is 47.0 Å². The maximum absolute atomic E-state index is 5.58. The summed E-state index contributed by atoms with van der Waals surface area (Å²) in [6.07, 6.45) is 1.19. The second kappa shape index (κ2) is 4.30. The zero-order valence-electron chi connectivity index (χ0n) is 9.75. The lowest BCUT2D eigenvalue weighted by molar-refractivity contribution is 0.105. The summed E-state index contributed by atoms with van der Waals surface area (Å²) in [7, 11) is 0. The minimum Gasteiger partial charge on any atom is -0.376 e. The smallest absolute Gasteiger partial charge is 0.131 e. The Balaban J connectivity index is 2.20. The molecule has 0 bridgehead atoms. The number of halogens is 1. The lowest BCUT2D eigenvalue weighted by Crippen LogP contribution is -2.41. The maximum atomic E-state index is 5.58. The number of aryl methyl sites for hydroxylation is 1. The highest BCUT2D eigenvalue weighted by atomic mass is 79.9. The van der Waals surface area contributed by atoms with Gasteiger partial charge in [0.05, 0.1) is 11.6 Å². The Morgan fingerprint density at radius 3 is 2.88 bits per heavy atom. The molecular formula is C11H16BrN3O. The van der Waals surface area contributed by atoms with Gasteiger partial charge in [-0.1, -0.05) is 0 Å². The van der Waals surface area contributed by atoms with E-state index in [1.54, 1.807) is 0 Å². The van der Waals surface area contributed by atoms with Gasteiger partial charge >= 0.3 is 0 Å². The minimum atomic E-state index is -0.0414. The number of hydrogen-bond donors (Lipinski definition) is 1. The van der Waals surface area contributed by atoms with Gasteiger partial charge in [0.2, 0.25) is 0 Å². The Labute approximate surface area is 104 Å². The Bertz CT molecular complexity index is 379. The number of aromatic nitrogens is 2. The molecule has 1 N–H and O–H groups in total. The van der Waals surface area contributed by atoms with Crippen molar-refractivity contribution in [3.63, 3.8) is 0 Å². The standard InChI is InChI=1S/C11H16BrN3O/c1-7-11(3,4-5-16-7)15-10-6-9(12)13-8(2)14-10/h6-7H,4-5H2,1-3H3,(H,13,14,15). The summed E-state index contributed by atoms with van der Waals surface area (Å²) in [5, 5.41) is 3.44. The average Bonchev–Trinajstić information content (AvgIpc) is 2.44. The predicted octanol–water partition coefficient (Wildman–Crippen LogP) is 2.53. The van der Waals surface area contributed by atoms with Crippen molar-refractivity contribution in [1.29, 1.82) is 0 Å². The first kappa shape index (κ1) is 11.8. The van der Waals surface area contributed by atoms with E-state index in [0.29, 0.717) is 0 Å². The van der Waals surface area contributed by atoms with E-state index in [-0.39, 0.29) is 11.6 Å². The molecule has 0 amide bonds. The van der Waals surface area contributed by atoms with E-state index in [9.17, 15) is 0 Å². The molecule has 0 aliphatic carbocycles. The van der Waals surface area contributed by atoms with E-state index in [1.807, 2.05) is 13.0 Å². The van der Waals surface area contributed by atoms with Crippen molar-refractivity contribution in [2.24, 2.45) is 0 Å². The second-order valence-electron chi connectivity index (χ2n) is 4.43. The molecule has 88 valence electrons. The van der Waals surface area contributed by atoms with E-state index in [2.05, 4.69) is 45.1 Å². The molecule has 0 spiro atoms. The van der Waals surface area contributed by atoms with Gasteiger partial charge in [-0.2, -0.15) is 0 Å². The van der Waals surface area contributed by atoms with Gasteiger partial charge in [0, 0.05) is 12.7 Å². The van der Waals surface area contributed by atoms with Gasteiger partial charge in [-0.15, -0.1) is 0 Å². The zero-order chi connectivity index (χ0) is 11.8. The molecule has 0 saturated carbocycles. The average molecular weight is 286 g/mol. The van der Waals surface area contributed by atoms with Gasteiger partial charge in [0.25, 0.3) is 0 Å². The number of ether oxygens (including phenoxy) is 1. The monoisotopic (exact) mass is 285 g/mol. The van der Waals surface area contributed by atoms with Crippen LogP contribution < -0.4 is 5.32 Å². The quantitative estimate of drug-likeness (QED) is 0.849. The van der Waals surface area contributed by atoms with Crippen LogP contribution in [0.4, 0.5) is 5.82 Å². The summed E-state index contributed by atoms with van der Waals surface area (Å²) in [6.45, 7) is 6.93. The molecule has 0 radical (unpaired) electrons. The zero-order valence-corrected chi connectivity index (χ0v) is 11.3. The highest BCUT2D eigenvalue weighted by Gasteiger charge is 2.37. The highest BCUT2D eigenvalue weighted by molar-refractivity contribution is 9.10. The molecule has 16 heavy (non-hydrogen) atoms. The lowest BCUT2D eigenvalue weighted by Gasteiger charge is -2.29. The molecule has 1 aromatic heterocycles. The van der Waals surface area contributed by atoms with Gasteiger partial charge < -0.3 is 10.1 Å². The van der Waals surface area contributed by atoms with Crippen LogP contribution in [0.15, 0.2) is 10.7 Å². The van der Waals surface area contributed by atoms with Crippen LogP contribution in [0.25, 0.3) is 0 Å². The van der Waals surface area contributed by atoms with Gasteiger partial charge in [0.1, 0.15) is 16.2 Å². The molecule has 2 atom stereocenters. The van der Waals surface area contributed by atoms with E-state index in [4.69, 9.17) is 4.74 Å². The van der Waals surface area contributed by atoms with Crippen LogP contribution in [0.1, 0.15) is 26.1 Å². The molecule has 1 aliphatic heterocycles. The number of anilines is 1. The first-order valence-electron chi connectivity index (χ1n) is 5.40. The number of rotatable bonds is 2. The van der Waals surface area contributed by atoms with Crippen LogP contribution in [-0.4, -0.2) is 28.2 Å². The van der Waals surface area contributed by atoms with Gasteiger partial charge in [-0.3, -0.25) is 0 Å². The van der Waals surface area contributed by atoms with Crippen molar-refractivity contribution in [1.82, 2.24) is 9.97 Å². The molecule has 2 unspecified atom stereocenters. The number of nitrogens with zero attached hydrogens (tertiary/aromatic N) is 2. The summed E-state index contributed by atoms with van der Waals surface area (Å²) < 4.78 is 6.39. The molecule has 2 rings (SSSR count). The minimum absolute atomic E-state index is 0.0414. The van der Waals surface area contributed by atoms with Crippen molar-refractivity contribution in [3.05, 3.63) is 16.5 Å². The summed E-state index contributed by atoms with van der Waals surface area (Å²) in [4.78, 5) is 8.55. The molecule has 5 heteroatoms. The van der Waals surface area contributed by atoms with Crippen molar-refractivity contribution in [2.45, 2.75) is 38.8 Å². The lowest BCUT2D eigenvalue weighted by atomic mass is 9.95. The van der Waals surface area contributed by atoms with Crippen molar-refractivity contribution in [3.8, 4) is 0 Å². The molecule has 1 saturated heterocycles. The van der Waals surface area contributed by atoms with E-state index in [0.717, 1.165) is 29.3 Å². The maximum Gasteiger partial charge on any atom is 0.131 e. The fourth-order valence-corrected chi connectivity index (χ4v) is 2.36. The molecule has 1 fully saturated rings. The summed E-state index contributed by atoms with van der Waals surface area (Å²) in [5.74, 6) is 1.60. The molecular weight excluding hydrogens is 270 g/mol. The highest BCUT2D eigenvalue weighted by Crippen LogP contribution is 2.29. The largest absolute Gasteiger partial charge is 0.376 e. The first-order chi connectivity index (χ1) is 7.49. The van der Waals surface area contributed by atoms with Crippen molar-refractivity contribution in [2.75, 3.05) is 11.9 Å². The molecule has 4 nitrogen and oxygen atoms in total.